The molecule has 0 fully saturated rings. The summed E-state index contributed by atoms with van der Waals surface area (Å²) in [4.78, 5) is 4.59. The number of fused-ring (bicyclic) bond motifs is 1. The van der Waals surface area contributed by atoms with E-state index >= 15 is 0 Å². The van der Waals surface area contributed by atoms with Crippen LogP contribution in [0.5, 0.6) is 0 Å². The van der Waals surface area contributed by atoms with E-state index in [9.17, 15) is 0 Å². The standard InChI is InChI=1S/C17H16N2.ClH/c1-11-8-9-14-10-15(13-6-4-3-5-7-13)17(18)19-16(14)12(11)2;/h3-10H,1-2H3,(H2,18,19);1H. The molecular formula is C17H17ClN2. The molecule has 0 aliphatic heterocycles. The summed E-state index contributed by atoms with van der Waals surface area (Å²) in [5, 5.41) is 1.14. The number of anilines is 1. The van der Waals surface area contributed by atoms with Gasteiger partial charge in [0, 0.05) is 10.9 Å². The zero-order valence-electron chi connectivity index (χ0n) is 11.6. The van der Waals surface area contributed by atoms with Crippen LogP contribution in [0.4, 0.5) is 5.82 Å². The van der Waals surface area contributed by atoms with Crippen LogP contribution in [0.15, 0.2) is 48.5 Å². The molecule has 0 atom stereocenters. The minimum absolute atomic E-state index is 0. The van der Waals surface area contributed by atoms with Gasteiger partial charge in [-0.05, 0) is 36.6 Å². The lowest BCUT2D eigenvalue weighted by Crippen LogP contribution is -1.97. The molecule has 1 aromatic heterocycles. The van der Waals surface area contributed by atoms with Gasteiger partial charge in [-0.1, -0.05) is 42.5 Å². The second kappa shape index (κ2) is 5.51. The van der Waals surface area contributed by atoms with Crippen LogP contribution in [0.25, 0.3) is 22.0 Å². The average molecular weight is 285 g/mol. The Bertz CT molecular complexity index is 752. The first-order valence-corrected chi connectivity index (χ1v) is 6.38. The van der Waals surface area contributed by atoms with E-state index in [1.165, 1.54) is 11.1 Å². The molecule has 0 saturated carbocycles. The van der Waals surface area contributed by atoms with Crippen molar-refractivity contribution in [3.63, 3.8) is 0 Å². The number of benzene rings is 2. The van der Waals surface area contributed by atoms with Crippen molar-refractivity contribution in [1.82, 2.24) is 4.98 Å². The van der Waals surface area contributed by atoms with Crippen LogP contribution < -0.4 is 5.73 Å². The molecule has 3 aromatic rings. The number of nitrogens with two attached hydrogens (primary N) is 1. The summed E-state index contributed by atoms with van der Waals surface area (Å²) in [6.07, 6.45) is 0. The molecule has 0 saturated heterocycles. The van der Waals surface area contributed by atoms with E-state index in [-0.39, 0.29) is 12.4 Å². The zero-order valence-corrected chi connectivity index (χ0v) is 12.4. The predicted octanol–water partition coefficient (Wildman–Crippen LogP) is 4.52. The van der Waals surface area contributed by atoms with Crippen molar-refractivity contribution in [1.29, 1.82) is 0 Å². The first kappa shape index (κ1) is 14.4. The summed E-state index contributed by atoms with van der Waals surface area (Å²) < 4.78 is 0. The highest BCUT2D eigenvalue weighted by Gasteiger charge is 2.08. The predicted molar refractivity (Wildman–Crippen MR) is 88.3 cm³/mol. The van der Waals surface area contributed by atoms with Crippen molar-refractivity contribution in [3.8, 4) is 11.1 Å². The molecule has 0 spiro atoms. The van der Waals surface area contributed by atoms with Crippen LogP contribution in [-0.4, -0.2) is 4.98 Å². The minimum Gasteiger partial charge on any atom is -0.383 e. The summed E-state index contributed by atoms with van der Waals surface area (Å²) in [5.74, 6) is 0.590. The van der Waals surface area contributed by atoms with Crippen LogP contribution in [0, 0.1) is 13.8 Å². The SMILES string of the molecule is Cc1ccc2cc(-c3ccccc3)c(N)nc2c1C.Cl. The van der Waals surface area contributed by atoms with Gasteiger partial charge < -0.3 is 5.73 Å². The van der Waals surface area contributed by atoms with Crippen molar-refractivity contribution >= 4 is 29.1 Å². The van der Waals surface area contributed by atoms with E-state index in [2.05, 4.69) is 49.2 Å². The van der Waals surface area contributed by atoms with Crippen molar-refractivity contribution in [2.45, 2.75) is 13.8 Å². The highest BCUT2D eigenvalue weighted by molar-refractivity contribution is 5.91. The largest absolute Gasteiger partial charge is 0.383 e. The normalized spacial score (nSPS) is 10.3. The monoisotopic (exact) mass is 284 g/mol. The first-order valence-electron chi connectivity index (χ1n) is 6.38. The molecule has 3 heteroatoms. The summed E-state index contributed by atoms with van der Waals surface area (Å²) in [6.45, 7) is 4.18. The van der Waals surface area contributed by atoms with Gasteiger partial charge in [-0.25, -0.2) is 4.98 Å². The number of hydrogen-bond acceptors (Lipinski definition) is 2. The van der Waals surface area contributed by atoms with Gasteiger partial charge in [-0.15, -0.1) is 12.4 Å². The molecule has 2 aromatic carbocycles. The van der Waals surface area contributed by atoms with E-state index in [1.54, 1.807) is 0 Å². The lowest BCUT2D eigenvalue weighted by Gasteiger charge is -2.10. The number of pyridine rings is 1. The molecule has 3 rings (SSSR count). The maximum Gasteiger partial charge on any atom is 0.132 e. The number of hydrogen-bond donors (Lipinski definition) is 1. The van der Waals surface area contributed by atoms with Crippen LogP contribution >= 0.6 is 12.4 Å². The molecular weight excluding hydrogens is 268 g/mol. The lowest BCUT2D eigenvalue weighted by molar-refractivity contribution is 1.32. The average Bonchev–Trinajstić information content (AvgIpc) is 2.44. The van der Waals surface area contributed by atoms with Crippen LogP contribution in [0.3, 0.4) is 0 Å². The Hall–Kier alpha value is -2.06. The Morgan fingerprint density at radius 1 is 0.950 bits per heavy atom. The van der Waals surface area contributed by atoms with E-state index in [1.807, 2.05) is 18.2 Å². The molecule has 0 aliphatic carbocycles. The summed E-state index contributed by atoms with van der Waals surface area (Å²) in [7, 11) is 0. The number of rotatable bonds is 1. The maximum absolute atomic E-state index is 6.13. The smallest absolute Gasteiger partial charge is 0.132 e. The first-order chi connectivity index (χ1) is 9.16. The van der Waals surface area contributed by atoms with E-state index < -0.39 is 0 Å². The van der Waals surface area contributed by atoms with Gasteiger partial charge in [-0.3, -0.25) is 0 Å². The van der Waals surface area contributed by atoms with Crippen molar-refractivity contribution in [2.24, 2.45) is 0 Å². The number of aryl methyl sites for hydroxylation is 2. The molecule has 0 bridgehead atoms. The fourth-order valence-corrected chi connectivity index (χ4v) is 2.35. The second-order valence-corrected chi connectivity index (χ2v) is 4.87. The Morgan fingerprint density at radius 2 is 1.65 bits per heavy atom. The number of nitrogens with zero attached hydrogens (tertiary/aromatic N) is 1. The number of halogens is 1. The van der Waals surface area contributed by atoms with Gasteiger partial charge in [0.2, 0.25) is 0 Å². The molecule has 20 heavy (non-hydrogen) atoms. The Kier molecular flexibility index (Phi) is 3.96. The summed E-state index contributed by atoms with van der Waals surface area (Å²) in [6, 6.07) is 16.5. The van der Waals surface area contributed by atoms with E-state index in [0.29, 0.717) is 5.82 Å². The molecule has 102 valence electrons. The molecule has 2 N–H and O–H groups in total. The third-order valence-corrected chi connectivity index (χ3v) is 3.63. The van der Waals surface area contributed by atoms with E-state index in [0.717, 1.165) is 22.0 Å². The van der Waals surface area contributed by atoms with Crippen molar-refractivity contribution in [2.75, 3.05) is 5.73 Å². The van der Waals surface area contributed by atoms with E-state index in [4.69, 9.17) is 5.73 Å². The maximum atomic E-state index is 6.13. The Labute approximate surface area is 125 Å². The van der Waals surface area contributed by atoms with Gasteiger partial charge >= 0.3 is 0 Å². The van der Waals surface area contributed by atoms with Crippen LogP contribution in [0.2, 0.25) is 0 Å². The number of nitrogen functional groups attached to an aromatic ring is 1. The highest BCUT2D eigenvalue weighted by Crippen LogP contribution is 2.30. The third-order valence-electron chi connectivity index (χ3n) is 3.63. The van der Waals surface area contributed by atoms with Gasteiger partial charge in [0.25, 0.3) is 0 Å². The third kappa shape index (κ3) is 2.35. The minimum atomic E-state index is 0. The molecule has 2 nitrogen and oxygen atoms in total. The molecule has 0 aliphatic rings. The van der Waals surface area contributed by atoms with Crippen LogP contribution in [-0.2, 0) is 0 Å². The van der Waals surface area contributed by atoms with Crippen molar-refractivity contribution in [3.05, 3.63) is 59.7 Å². The topological polar surface area (TPSA) is 38.9 Å². The van der Waals surface area contributed by atoms with Gasteiger partial charge in [0.1, 0.15) is 5.82 Å². The highest BCUT2D eigenvalue weighted by atomic mass is 35.5. The Morgan fingerprint density at radius 3 is 2.35 bits per heavy atom. The second-order valence-electron chi connectivity index (χ2n) is 4.87. The van der Waals surface area contributed by atoms with Crippen molar-refractivity contribution < 1.29 is 0 Å². The van der Waals surface area contributed by atoms with Crippen LogP contribution in [0.1, 0.15) is 11.1 Å². The molecule has 1 heterocycles. The fourth-order valence-electron chi connectivity index (χ4n) is 2.35. The zero-order chi connectivity index (χ0) is 13.4. The van der Waals surface area contributed by atoms with Gasteiger partial charge in [0.15, 0.2) is 0 Å². The molecule has 0 radical (unpaired) electrons. The quantitative estimate of drug-likeness (QED) is 0.713. The number of aromatic nitrogens is 1. The molecule has 0 unspecified atom stereocenters. The molecule has 0 amide bonds. The van der Waals surface area contributed by atoms with Gasteiger partial charge in [0.05, 0.1) is 5.52 Å². The summed E-state index contributed by atoms with van der Waals surface area (Å²) in [5.41, 5.74) is 11.7. The fraction of sp³-hybridized carbons (Fsp3) is 0.118. The Balaban J connectivity index is 0.00000147. The lowest BCUT2D eigenvalue weighted by atomic mass is 10.0. The van der Waals surface area contributed by atoms with Gasteiger partial charge in [-0.2, -0.15) is 0 Å². The summed E-state index contributed by atoms with van der Waals surface area (Å²) >= 11 is 0.